The summed E-state index contributed by atoms with van der Waals surface area (Å²) in [4.78, 5) is 4.87. The van der Waals surface area contributed by atoms with Gasteiger partial charge in [-0.15, -0.1) is 5.06 Å². The van der Waals surface area contributed by atoms with E-state index in [1.54, 1.807) is 7.85 Å². The summed E-state index contributed by atoms with van der Waals surface area (Å²) < 4.78 is 0. The average Bonchev–Trinajstić information content (AvgIpc) is 2.35. The lowest BCUT2D eigenvalue weighted by Crippen LogP contribution is -2.39. The van der Waals surface area contributed by atoms with E-state index in [-0.39, 0.29) is 0 Å². The van der Waals surface area contributed by atoms with Crippen LogP contribution in [0.25, 0.3) is 0 Å². The lowest BCUT2D eigenvalue weighted by molar-refractivity contribution is -0.332. The van der Waals surface area contributed by atoms with E-state index >= 15 is 0 Å². The third-order valence-corrected chi connectivity index (χ3v) is 1.86. The number of aliphatic hydroxyl groups excluding tert-OH is 3. The molecule has 0 aromatic carbocycles. The van der Waals surface area contributed by atoms with Crippen molar-refractivity contribution in [3.63, 3.8) is 0 Å². The second-order valence-corrected chi connectivity index (χ2v) is 2.87. The molecule has 1 fully saturated rings. The van der Waals surface area contributed by atoms with Gasteiger partial charge >= 0.3 is 0 Å². The minimum Gasteiger partial charge on any atom is -0.376 e. The van der Waals surface area contributed by atoms with Crippen molar-refractivity contribution in [3.05, 3.63) is 0 Å². The molecule has 1 saturated heterocycles. The number of hydrogen-bond acceptors (Lipinski definition) is 5. The molecule has 0 spiro atoms. The summed E-state index contributed by atoms with van der Waals surface area (Å²) in [6, 6.07) is 0. The quantitative estimate of drug-likeness (QED) is 0.342. The second kappa shape index (κ2) is 4.20. The summed E-state index contributed by atoms with van der Waals surface area (Å²) in [5, 5.41) is 28.6. The summed E-state index contributed by atoms with van der Waals surface area (Å²) in [6.45, 7) is 0. The Labute approximate surface area is 71.9 Å². The summed E-state index contributed by atoms with van der Waals surface area (Å²) in [7, 11) is 1.75. The normalized spacial score (nSPS) is 33.9. The predicted molar refractivity (Wildman–Crippen MR) is 43.5 cm³/mol. The molecule has 1 aliphatic rings. The molecule has 6 heteroatoms. The first kappa shape index (κ1) is 9.95. The van der Waals surface area contributed by atoms with Crippen LogP contribution in [-0.4, -0.2) is 47.0 Å². The molecule has 0 aromatic rings. The Bertz CT molecular complexity index is 138. The highest BCUT2D eigenvalue weighted by Gasteiger charge is 2.32. The standard InChI is InChI=1S/C6H14BNO4/c7-3-6(11)12-8-4(9)1-2-5(8)10/h4-6,9-11H,1-3,7H2. The Morgan fingerprint density at radius 3 is 2.33 bits per heavy atom. The molecule has 3 atom stereocenters. The maximum absolute atomic E-state index is 9.23. The first-order valence-electron chi connectivity index (χ1n) is 4.14. The fourth-order valence-electron chi connectivity index (χ4n) is 1.11. The van der Waals surface area contributed by atoms with Crippen LogP contribution in [-0.2, 0) is 4.84 Å². The van der Waals surface area contributed by atoms with E-state index < -0.39 is 18.7 Å². The van der Waals surface area contributed by atoms with Gasteiger partial charge in [-0.3, -0.25) is 4.84 Å². The van der Waals surface area contributed by atoms with Gasteiger partial charge in [-0.05, 0) is 19.2 Å². The van der Waals surface area contributed by atoms with Crippen molar-refractivity contribution >= 4 is 7.85 Å². The van der Waals surface area contributed by atoms with Crippen molar-refractivity contribution in [2.75, 3.05) is 0 Å². The van der Waals surface area contributed by atoms with Crippen LogP contribution >= 0.6 is 0 Å². The van der Waals surface area contributed by atoms with Gasteiger partial charge in [-0.25, -0.2) is 0 Å². The van der Waals surface area contributed by atoms with Gasteiger partial charge in [-0.1, -0.05) is 0 Å². The molecule has 5 nitrogen and oxygen atoms in total. The van der Waals surface area contributed by atoms with Crippen molar-refractivity contribution in [1.82, 2.24) is 5.06 Å². The summed E-state index contributed by atoms with van der Waals surface area (Å²) in [5.41, 5.74) is 0. The van der Waals surface area contributed by atoms with Gasteiger partial charge in [0.25, 0.3) is 0 Å². The summed E-state index contributed by atoms with van der Waals surface area (Å²) in [6.07, 6.45) is -1.19. The minimum atomic E-state index is -0.951. The maximum atomic E-state index is 9.23. The highest BCUT2D eigenvalue weighted by atomic mass is 16.8. The number of hydrogen-bond donors (Lipinski definition) is 3. The van der Waals surface area contributed by atoms with Crippen LogP contribution in [0, 0.1) is 0 Å². The van der Waals surface area contributed by atoms with E-state index in [2.05, 4.69) is 0 Å². The molecule has 0 amide bonds. The van der Waals surface area contributed by atoms with Crippen molar-refractivity contribution in [2.24, 2.45) is 0 Å². The molecule has 0 bridgehead atoms. The van der Waals surface area contributed by atoms with Crippen molar-refractivity contribution in [1.29, 1.82) is 0 Å². The molecule has 1 heterocycles. The SMILES string of the molecule is BCC(O)ON1C(O)CCC1O. The number of aliphatic hydroxyl groups is 3. The Hall–Kier alpha value is -0.135. The molecule has 70 valence electrons. The zero-order valence-corrected chi connectivity index (χ0v) is 7.05. The molecule has 12 heavy (non-hydrogen) atoms. The first-order chi connectivity index (χ1) is 5.65. The van der Waals surface area contributed by atoms with Gasteiger partial charge in [0.1, 0.15) is 20.3 Å². The van der Waals surface area contributed by atoms with E-state index in [0.29, 0.717) is 19.2 Å². The van der Waals surface area contributed by atoms with Gasteiger partial charge in [0.15, 0.2) is 6.29 Å². The van der Waals surface area contributed by atoms with E-state index in [0.717, 1.165) is 5.06 Å². The lowest BCUT2D eigenvalue weighted by atomic mass is 10.1. The number of hydroxylamine groups is 2. The lowest BCUT2D eigenvalue weighted by Gasteiger charge is -2.25. The maximum Gasteiger partial charge on any atom is 0.167 e. The van der Waals surface area contributed by atoms with Crippen LogP contribution in [0.3, 0.4) is 0 Å². The molecule has 0 aliphatic carbocycles. The Balaban J connectivity index is 2.38. The highest BCUT2D eigenvalue weighted by Crippen LogP contribution is 2.21. The van der Waals surface area contributed by atoms with Gasteiger partial charge in [0, 0.05) is 0 Å². The Morgan fingerprint density at radius 2 is 1.92 bits per heavy atom. The largest absolute Gasteiger partial charge is 0.376 e. The molecule has 1 rings (SSSR count). The highest BCUT2D eigenvalue weighted by molar-refractivity contribution is 6.08. The fraction of sp³-hybridized carbons (Fsp3) is 1.00. The Kier molecular flexibility index (Phi) is 3.48. The first-order valence-corrected chi connectivity index (χ1v) is 4.14. The van der Waals surface area contributed by atoms with E-state index in [1.165, 1.54) is 0 Å². The third-order valence-electron chi connectivity index (χ3n) is 1.86. The van der Waals surface area contributed by atoms with Crippen LogP contribution in [0.1, 0.15) is 12.8 Å². The van der Waals surface area contributed by atoms with E-state index in [9.17, 15) is 10.2 Å². The minimum absolute atomic E-state index is 0.427. The number of nitrogens with zero attached hydrogens (tertiary/aromatic N) is 1. The van der Waals surface area contributed by atoms with Crippen LogP contribution < -0.4 is 0 Å². The predicted octanol–water partition coefficient (Wildman–Crippen LogP) is -1.98. The van der Waals surface area contributed by atoms with E-state index in [4.69, 9.17) is 9.94 Å². The van der Waals surface area contributed by atoms with Crippen LogP contribution in [0.15, 0.2) is 0 Å². The topological polar surface area (TPSA) is 73.2 Å². The van der Waals surface area contributed by atoms with Crippen molar-refractivity contribution in [3.8, 4) is 0 Å². The third kappa shape index (κ3) is 2.18. The zero-order valence-electron chi connectivity index (χ0n) is 7.05. The molecular formula is C6H14BNO4. The van der Waals surface area contributed by atoms with Gasteiger partial charge in [0.05, 0.1) is 0 Å². The zero-order chi connectivity index (χ0) is 9.14. The molecule has 3 N–H and O–H groups in total. The van der Waals surface area contributed by atoms with Gasteiger partial charge in [0.2, 0.25) is 0 Å². The van der Waals surface area contributed by atoms with Gasteiger partial charge < -0.3 is 15.3 Å². The average molecular weight is 175 g/mol. The van der Waals surface area contributed by atoms with Crippen LogP contribution in [0.4, 0.5) is 0 Å². The summed E-state index contributed by atoms with van der Waals surface area (Å²) in [5.74, 6) is 0. The molecule has 0 aromatic heterocycles. The number of rotatable bonds is 3. The summed E-state index contributed by atoms with van der Waals surface area (Å²) >= 11 is 0. The van der Waals surface area contributed by atoms with Gasteiger partial charge in [-0.2, -0.15) is 0 Å². The second-order valence-electron chi connectivity index (χ2n) is 2.87. The molecule has 0 saturated carbocycles. The smallest absolute Gasteiger partial charge is 0.167 e. The molecular weight excluding hydrogens is 161 g/mol. The van der Waals surface area contributed by atoms with Crippen molar-refractivity contribution < 1.29 is 20.2 Å². The fourth-order valence-corrected chi connectivity index (χ4v) is 1.11. The molecule has 3 unspecified atom stereocenters. The van der Waals surface area contributed by atoms with Crippen LogP contribution in [0.2, 0.25) is 6.32 Å². The molecule has 1 aliphatic heterocycles. The van der Waals surface area contributed by atoms with Crippen molar-refractivity contribution in [2.45, 2.75) is 37.9 Å². The Morgan fingerprint density at radius 1 is 1.42 bits per heavy atom. The monoisotopic (exact) mass is 175 g/mol. The molecule has 0 radical (unpaired) electrons. The van der Waals surface area contributed by atoms with Crippen LogP contribution in [0.5, 0.6) is 0 Å². The van der Waals surface area contributed by atoms with E-state index in [1.807, 2.05) is 0 Å².